The van der Waals surface area contributed by atoms with Gasteiger partial charge in [0.05, 0.1) is 12.2 Å². The van der Waals surface area contributed by atoms with Crippen LogP contribution in [0.3, 0.4) is 0 Å². The maximum atomic E-state index is 13.0. The van der Waals surface area contributed by atoms with Gasteiger partial charge in [0.25, 0.3) is 5.91 Å². The van der Waals surface area contributed by atoms with E-state index in [1.807, 2.05) is 47.4 Å². The largest absolute Gasteiger partial charge is 0.484 e. The van der Waals surface area contributed by atoms with E-state index in [9.17, 15) is 4.79 Å². The van der Waals surface area contributed by atoms with Crippen LogP contribution in [-0.4, -0.2) is 41.5 Å². The second-order valence-corrected chi connectivity index (χ2v) is 6.96. The van der Waals surface area contributed by atoms with Crippen molar-refractivity contribution in [3.8, 4) is 5.75 Å². The van der Waals surface area contributed by atoms with Crippen molar-refractivity contribution in [1.82, 2.24) is 15.2 Å². The summed E-state index contributed by atoms with van der Waals surface area (Å²) in [5.74, 6) is 0.757. The number of hydrogen-bond acceptors (Lipinski definition) is 4. The van der Waals surface area contributed by atoms with Gasteiger partial charge in [-0.1, -0.05) is 25.1 Å². The van der Waals surface area contributed by atoms with Gasteiger partial charge >= 0.3 is 0 Å². The summed E-state index contributed by atoms with van der Waals surface area (Å²) in [6.07, 6.45) is 5.82. The third-order valence-corrected chi connectivity index (χ3v) is 5.06. The molecular formula is C22H30ClN3O2. The summed E-state index contributed by atoms with van der Waals surface area (Å²) in [5, 5.41) is 3.42. The van der Waals surface area contributed by atoms with Crippen LogP contribution in [-0.2, 0) is 17.8 Å². The van der Waals surface area contributed by atoms with Crippen LogP contribution < -0.4 is 10.1 Å². The Balaban J connectivity index is 0.00000280. The zero-order valence-corrected chi connectivity index (χ0v) is 17.3. The maximum Gasteiger partial charge on any atom is 0.261 e. The highest BCUT2D eigenvalue weighted by atomic mass is 35.5. The van der Waals surface area contributed by atoms with Gasteiger partial charge in [-0.2, -0.15) is 0 Å². The summed E-state index contributed by atoms with van der Waals surface area (Å²) in [4.78, 5) is 19.4. The van der Waals surface area contributed by atoms with Crippen LogP contribution in [0.2, 0.25) is 0 Å². The fourth-order valence-electron chi connectivity index (χ4n) is 3.45. The average molecular weight is 404 g/mol. The summed E-state index contributed by atoms with van der Waals surface area (Å²) in [5.41, 5.74) is 2.17. The number of benzene rings is 1. The summed E-state index contributed by atoms with van der Waals surface area (Å²) >= 11 is 0. The number of carbonyl (C=O) groups excluding carboxylic acids is 1. The molecule has 1 aliphatic heterocycles. The van der Waals surface area contributed by atoms with Crippen molar-refractivity contribution in [2.75, 3.05) is 19.7 Å². The van der Waals surface area contributed by atoms with E-state index < -0.39 is 0 Å². The molecule has 0 aliphatic carbocycles. The van der Waals surface area contributed by atoms with Crippen LogP contribution in [0.25, 0.3) is 0 Å². The van der Waals surface area contributed by atoms with Gasteiger partial charge in [-0.15, -0.1) is 12.4 Å². The lowest BCUT2D eigenvalue weighted by atomic mass is 10.1. The Bertz CT molecular complexity index is 701. The van der Waals surface area contributed by atoms with Crippen LogP contribution in [0, 0.1) is 0 Å². The van der Waals surface area contributed by atoms with Crippen molar-refractivity contribution in [2.45, 2.75) is 45.2 Å². The van der Waals surface area contributed by atoms with Crippen LogP contribution in [0.4, 0.5) is 0 Å². The number of ether oxygens (including phenoxy) is 1. The molecule has 152 valence electrons. The van der Waals surface area contributed by atoms with Gasteiger partial charge in [-0.25, -0.2) is 0 Å². The quantitative estimate of drug-likeness (QED) is 0.767. The second kappa shape index (κ2) is 11.7. The smallest absolute Gasteiger partial charge is 0.261 e. The van der Waals surface area contributed by atoms with Gasteiger partial charge in [-0.05, 0) is 68.6 Å². The minimum absolute atomic E-state index is 0. The predicted molar refractivity (Wildman–Crippen MR) is 114 cm³/mol. The summed E-state index contributed by atoms with van der Waals surface area (Å²) in [6.45, 7) is 4.67. The molecule has 2 aromatic rings. The Hall–Kier alpha value is -2.11. The molecule has 1 atom stereocenters. The molecule has 1 aliphatic rings. The monoisotopic (exact) mass is 403 g/mol. The molecule has 3 rings (SSSR count). The normalized spacial score (nSPS) is 16.5. The molecule has 28 heavy (non-hydrogen) atoms. The number of carbonyl (C=O) groups is 1. The van der Waals surface area contributed by atoms with E-state index in [1.54, 1.807) is 6.20 Å². The van der Waals surface area contributed by atoms with Crippen molar-refractivity contribution < 1.29 is 9.53 Å². The first-order chi connectivity index (χ1) is 13.3. The molecular weight excluding hydrogens is 374 g/mol. The van der Waals surface area contributed by atoms with E-state index in [-0.39, 0.29) is 31.0 Å². The van der Waals surface area contributed by atoms with E-state index >= 15 is 0 Å². The van der Waals surface area contributed by atoms with Gasteiger partial charge in [0.15, 0.2) is 6.61 Å². The first-order valence-corrected chi connectivity index (χ1v) is 9.88. The number of hydrogen-bond donors (Lipinski definition) is 1. The molecule has 1 saturated heterocycles. The van der Waals surface area contributed by atoms with Gasteiger partial charge < -0.3 is 15.0 Å². The number of aromatic nitrogens is 1. The fraction of sp³-hybridized carbons (Fsp3) is 0.455. The van der Waals surface area contributed by atoms with E-state index in [0.717, 1.165) is 50.2 Å². The first-order valence-electron chi connectivity index (χ1n) is 9.88. The SMILES string of the molecule is CCc1ccc(OCC(=O)N(Cc2ccccn2)C2CCCNCC2)cc1.Cl. The lowest BCUT2D eigenvalue weighted by Gasteiger charge is -2.31. The van der Waals surface area contributed by atoms with Crippen LogP contribution in [0.5, 0.6) is 5.75 Å². The number of pyridine rings is 1. The van der Waals surface area contributed by atoms with E-state index in [1.165, 1.54) is 5.56 Å². The van der Waals surface area contributed by atoms with Crippen molar-refractivity contribution in [2.24, 2.45) is 0 Å². The van der Waals surface area contributed by atoms with Crippen molar-refractivity contribution >= 4 is 18.3 Å². The molecule has 0 saturated carbocycles. The number of nitrogens with zero attached hydrogens (tertiary/aromatic N) is 2. The molecule has 2 heterocycles. The van der Waals surface area contributed by atoms with Crippen LogP contribution in [0.1, 0.15) is 37.4 Å². The summed E-state index contributed by atoms with van der Waals surface area (Å²) in [6, 6.07) is 14.0. The molecule has 1 amide bonds. The Morgan fingerprint density at radius 3 is 2.71 bits per heavy atom. The molecule has 1 fully saturated rings. The van der Waals surface area contributed by atoms with Gasteiger partial charge in [0, 0.05) is 12.2 Å². The molecule has 5 nitrogen and oxygen atoms in total. The third kappa shape index (κ3) is 6.50. The molecule has 1 unspecified atom stereocenters. The zero-order chi connectivity index (χ0) is 18.9. The van der Waals surface area contributed by atoms with Crippen molar-refractivity contribution in [3.05, 3.63) is 59.9 Å². The minimum Gasteiger partial charge on any atom is -0.484 e. The highest BCUT2D eigenvalue weighted by Gasteiger charge is 2.25. The Morgan fingerprint density at radius 2 is 2.00 bits per heavy atom. The van der Waals surface area contributed by atoms with Crippen LogP contribution >= 0.6 is 12.4 Å². The van der Waals surface area contributed by atoms with Crippen LogP contribution in [0.15, 0.2) is 48.7 Å². The standard InChI is InChI=1S/C22H29N3O2.ClH/c1-2-18-8-10-21(11-9-18)27-17-22(26)25(16-19-6-3-4-14-24-19)20-7-5-13-23-15-12-20;/h3-4,6,8-11,14,20,23H,2,5,7,12-13,15-17H2,1H3;1H. The zero-order valence-electron chi connectivity index (χ0n) is 16.5. The molecule has 1 aromatic heterocycles. The fourth-order valence-corrected chi connectivity index (χ4v) is 3.45. The molecule has 1 aromatic carbocycles. The Morgan fingerprint density at radius 1 is 1.18 bits per heavy atom. The molecule has 0 bridgehead atoms. The average Bonchev–Trinajstić information content (AvgIpc) is 3.01. The molecule has 0 radical (unpaired) electrons. The number of nitrogens with one attached hydrogen (secondary N) is 1. The third-order valence-electron chi connectivity index (χ3n) is 5.06. The molecule has 0 spiro atoms. The van der Waals surface area contributed by atoms with E-state index in [0.29, 0.717) is 6.54 Å². The Kier molecular flexibility index (Phi) is 9.24. The Labute approximate surface area is 173 Å². The van der Waals surface area contributed by atoms with Gasteiger partial charge in [-0.3, -0.25) is 9.78 Å². The van der Waals surface area contributed by atoms with E-state index in [4.69, 9.17) is 4.74 Å². The number of halogens is 1. The van der Waals surface area contributed by atoms with Crippen molar-refractivity contribution in [1.29, 1.82) is 0 Å². The maximum absolute atomic E-state index is 13.0. The molecule has 6 heteroatoms. The summed E-state index contributed by atoms with van der Waals surface area (Å²) in [7, 11) is 0. The van der Waals surface area contributed by atoms with Crippen molar-refractivity contribution in [3.63, 3.8) is 0 Å². The number of rotatable bonds is 7. The van der Waals surface area contributed by atoms with Gasteiger partial charge in [0.2, 0.25) is 0 Å². The minimum atomic E-state index is 0. The van der Waals surface area contributed by atoms with E-state index in [2.05, 4.69) is 17.2 Å². The van der Waals surface area contributed by atoms with Gasteiger partial charge in [0.1, 0.15) is 5.75 Å². The number of amides is 1. The first kappa shape index (κ1) is 22.2. The predicted octanol–water partition coefficient (Wildman–Crippen LogP) is 3.62. The topological polar surface area (TPSA) is 54.5 Å². The lowest BCUT2D eigenvalue weighted by molar-refractivity contribution is -0.136. The highest BCUT2D eigenvalue weighted by molar-refractivity contribution is 5.85. The number of aryl methyl sites for hydroxylation is 1. The lowest BCUT2D eigenvalue weighted by Crippen LogP contribution is -2.43. The molecule has 1 N–H and O–H groups in total. The second-order valence-electron chi connectivity index (χ2n) is 6.96. The summed E-state index contributed by atoms with van der Waals surface area (Å²) < 4.78 is 5.78. The highest BCUT2D eigenvalue weighted by Crippen LogP contribution is 2.18.